The lowest BCUT2D eigenvalue weighted by molar-refractivity contribution is -0.142. The van der Waals surface area contributed by atoms with Gasteiger partial charge in [0.2, 0.25) is 5.91 Å². The third-order valence-corrected chi connectivity index (χ3v) is 5.36. The van der Waals surface area contributed by atoms with Crippen LogP contribution in [-0.2, 0) is 18.4 Å². The van der Waals surface area contributed by atoms with Gasteiger partial charge in [-0.15, -0.1) is 0 Å². The van der Waals surface area contributed by atoms with Gasteiger partial charge in [-0.05, 0) is 26.7 Å². The van der Waals surface area contributed by atoms with Crippen molar-refractivity contribution in [1.82, 2.24) is 19.4 Å². The summed E-state index contributed by atoms with van der Waals surface area (Å²) in [6.45, 7) is 7.63. The molecule has 3 heterocycles. The number of rotatable bonds is 3. The highest BCUT2D eigenvalue weighted by molar-refractivity contribution is 5.88. The average molecular weight is 332 g/mol. The van der Waals surface area contributed by atoms with Gasteiger partial charge in [-0.25, -0.2) is 4.98 Å². The van der Waals surface area contributed by atoms with Crippen LogP contribution < -0.4 is 0 Å². The number of piperidine rings is 2. The Labute approximate surface area is 143 Å². The van der Waals surface area contributed by atoms with Gasteiger partial charge in [-0.3, -0.25) is 9.69 Å². The van der Waals surface area contributed by atoms with Gasteiger partial charge in [0.15, 0.2) is 0 Å². The molecule has 6 heteroatoms. The number of amides is 1. The fraction of sp³-hybridized carbons (Fsp3) is 0.667. The van der Waals surface area contributed by atoms with E-state index in [2.05, 4.69) is 9.88 Å². The molecule has 2 fully saturated rings. The predicted molar refractivity (Wildman–Crippen MR) is 92.2 cm³/mol. The topological polar surface area (TPSA) is 61.6 Å². The molecule has 0 aliphatic carbocycles. The highest BCUT2D eigenvalue weighted by Gasteiger charge is 2.45. The Morgan fingerprint density at radius 1 is 1.38 bits per heavy atom. The van der Waals surface area contributed by atoms with E-state index in [1.807, 2.05) is 42.8 Å². The summed E-state index contributed by atoms with van der Waals surface area (Å²) in [6, 6.07) is 0. The number of carbonyl (C=O) groups excluding carboxylic acids is 1. The Bertz CT molecular complexity index is 635. The molecule has 1 aromatic heterocycles. The molecule has 2 aliphatic heterocycles. The first-order valence-corrected chi connectivity index (χ1v) is 8.72. The summed E-state index contributed by atoms with van der Waals surface area (Å²) in [5.74, 6) is 1.21. The second-order valence-electron chi connectivity index (χ2n) is 7.50. The molecular weight excluding hydrogens is 304 g/mol. The molecule has 2 saturated heterocycles. The minimum atomic E-state index is -0.625. The van der Waals surface area contributed by atoms with Gasteiger partial charge < -0.3 is 14.6 Å². The molecule has 2 atom stereocenters. The summed E-state index contributed by atoms with van der Waals surface area (Å²) in [6.07, 6.45) is 6.91. The van der Waals surface area contributed by atoms with Crippen molar-refractivity contribution >= 4 is 5.91 Å². The van der Waals surface area contributed by atoms with E-state index in [9.17, 15) is 9.90 Å². The maximum atomic E-state index is 12.3. The maximum absolute atomic E-state index is 12.3. The second-order valence-corrected chi connectivity index (χ2v) is 7.50. The highest BCUT2D eigenvalue weighted by Crippen LogP contribution is 2.35. The minimum absolute atomic E-state index is 0.0678. The van der Waals surface area contributed by atoms with Gasteiger partial charge in [0.05, 0.1) is 12.1 Å². The number of imidazole rings is 1. The smallest absolute Gasteiger partial charge is 0.246 e. The molecule has 0 unspecified atom stereocenters. The Morgan fingerprint density at radius 2 is 2.12 bits per heavy atom. The first-order valence-electron chi connectivity index (χ1n) is 8.72. The molecular formula is C18H28N4O2. The van der Waals surface area contributed by atoms with Crippen LogP contribution in [0.5, 0.6) is 0 Å². The molecule has 6 nitrogen and oxygen atoms in total. The Morgan fingerprint density at radius 3 is 2.79 bits per heavy atom. The lowest BCUT2D eigenvalue weighted by Crippen LogP contribution is -2.60. The van der Waals surface area contributed by atoms with Crippen LogP contribution in [0.3, 0.4) is 0 Å². The number of likely N-dealkylation sites (tertiary alicyclic amines) is 2. The van der Waals surface area contributed by atoms with Crippen LogP contribution in [0.15, 0.2) is 24.0 Å². The van der Waals surface area contributed by atoms with Crippen molar-refractivity contribution in [2.24, 2.45) is 13.0 Å². The Kier molecular flexibility index (Phi) is 4.78. The molecule has 1 N–H and O–H groups in total. The minimum Gasteiger partial charge on any atom is -0.389 e. The monoisotopic (exact) mass is 332 g/mol. The normalized spacial score (nSPS) is 27.7. The molecule has 0 spiro atoms. The summed E-state index contributed by atoms with van der Waals surface area (Å²) >= 11 is 0. The van der Waals surface area contributed by atoms with Crippen molar-refractivity contribution in [1.29, 1.82) is 0 Å². The molecule has 24 heavy (non-hydrogen) atoms. The van der Waals surface area contributed by atoms with Gasteiger partial charge in [0.1, 0.15) is 5.82 Å². The van der Waals surface area contributed by atoms with Crippen molar-refractivity contribution in [3.05, 3.63) is 29.9 Å². The standard InChI is InChI=1S/C18H28N4O2/c1-14(2)10-17(23)22-8-5-18(24)4-7-21(11-15(18)12-22)13-16-19-6-9-20(16)3/h6,9-10,15,24H,4-5,7-8,11-13H2,1-3H3/t15-,18-/m1/s1. The van der Waals surface area contributed by atoms with Crippen molar-refractivity contribution in [2.45, 2.75) is 38.8 Å². The molecule has 0 bridgehead atoms. The molecule has 0 aromatic carbocycles. The van der Waals surface area contributed by atoms with Gasteiger partial charge >= 0.3 is 0 Å². The fourth-order valence-electron chi connectivity index (χ4n) is 3.80. The van der Waals surface area contributed by atoms with Gasteiger partial charge in [-0.2, -0.15) is 0 Å². The van der Waals surface area contributed by atoms with Crippen LogP contribution in [0.1, 0.15) is 32.5 Å². The van der Waals surface area contributed by atoms with E-state index in [1.54, 1.807) is 6.08 Å². The van der Waals surface area contributed by atoms with Crippen molar-refractivity contribution in [3.8, 4) is 0 Å². The van der Waals surface area contributed by atoms with Crippen LogP contribution >= 0.6 is 0 Å². The number of aliphatic hydroxyl groups is 1. The van der Waals surface area contributed by atoms with E-state index in [1.165, 1.54) is 0 Å². The number of fused-ring (bicyclic) bond motifs is 1. The predicted octanol–water partition coefficient (Wildman–Crippen LogP) is 1.17. The van der Waals surface area contributed by atoms with Crippen LogP contribution in [0, 0.1) is 5.92 Å². The summed E-state index contributed by atoms with van der Waals surface area (Å²) < 4.78 is 2.03. The summed E-state index contributed by atoms with van der Waals surface area (Å²) in [4.78, 5) is 20.9. The van der Waals surface area contributed by atoms with Crippen molar-refractivity contribution in [3.63, 3.8) is 0 Å². The number of hydrogen-bond donors (Lipinski definition) is 1. The number of nitrogens with zero attached hydrogens (tertiary/aromatic N) is 4. The summed E-state index contributed by atoms with van der Waals surface area (Å²) in [5, 5.41) is 11.0. The number of aromatic nitrogens is 2. The van der Waals surface area contributed by atoms with Crippen molar-refractivity contribution in [2.75, 3.05) is 26.2 Å². The third kappa shape index (κ3) is 3.54. The van der Waals surface area contributed by atoms with Crippen LogP contribution in [0.4, 0.5) is 0 Å². The lowest BCUT2D eigenvalue weighted by atomic mass is 9.75. The van der Waals surface area contributed by atoms with E-state index in [-0.39, 0.29) is 11.8 Å². The Balaban J connectivity index is 1.66. The summed E-state index contributed by atoms with van der Waals surface area (Å²) in [5.41, 5.74) is 0.390. The van der Waals surface area contributed by atoms with Crippen LogP contribution in [0.25, 0.3) is 0 Å². The Hall–Kier alpha value is -1.66. The molecule has 1 amide bonds. The highest BCUT2D eigenvalue weighted by atomic mass is 16.3. The van der Waals surface area contributed by atoms with Crippen molar-refractivity contribution < 1.29 is 9.90 Å². The van der Waals surface area contributed by atoms with Gasteiger partial charge in [-0.1, -0.05) is 5.57 Å². The van der Waals surface area contributed by atoms with E-state index in [0.717, 1.165) is 37.5 Å². The molecule has 132 valence electrons. The fourth-order valence-corrected chi connectivity index (χ4v) is 3.80. The number of aryl methyl sites for hydroxylation is 1. The molecule has 0 saturated carbocycles. The number of carbonyl (C=O) groups is 1. The number of allylic oxidation sites excluding steroid dienone is 1. The van der Waals surface area contributed by atoms with E-state index >= 15 is 0 Å². The first-order chi connectivity index (χ1) is 11.4. The molecule has 0 radical (unpaired) electrons. The zero-order chi connectivity index (χ0) is 17.3. The summed E-state index contributed by atoms with van der Waals surface area (Å²) in [7, 11) is 2.00. The molecule has 3 rings (SSSR count). The maximum Gasteiger partial charge on any atom is 0.246 e. The zero-order valence-electron chi connectivity index (χ0n) is 14.9. The quantitative estimate of drug-likeness (QED) is 0.844. The SMILES string of the molecule is CC(C)=CC(=O)N1CC[C@]2(O)CCN(Cc3nccn3C)C[C@@H]2C1. The average Bonchev–Trinajstić information content (AvgIpc) is 2.91. The lowest BCUT2D eigenvalue weighted by Gasteiger charge is -2.50. The molecule has 2 aliphatic rings. The second kappa shape index (κ2) is 6.69. The van der Waals surface area contributed by atoms with Gasteiger partial charge in [0.25, 0.3) is 0 Å². The largest absolute Gasteiger partial charge is 0.389 e. The van der Waals surface area contributed by atoms with E-state index < -0.39 is 5.60 Å². The first kappa shape index (κ1) is 17.2. The van der Waals surface area contributed by atoms with Crippen LogP contribution in [-0.4, -0.2) is 62.1 Å². The van der Waals surface area contributed by atoms with E-state index in [4.69, 9.17) is 0 Å². The zero-order valence-corrected chi connectivity index (χ0v) is 14.9. The third-order valence-electron chi connectivity index (χ3n) is 5.36. The van der Waals surface area contributed by atoms with E-state index in [0.29, 0.717) is 19.5 Å². The van der Waals surface area contributed by atoms with Gasteiger partial charge in [0, 0.05) is 57.6 Å². The number of hydrogen-bond acceptors (Lipinski definition) is 4. The molecule has 1 aromatic rings. The van der Waals surface area contributed by atoms with Crippen LogP contribution in [0.2, 0.25) is 0 Å².